The van der Waals surface area contributed by atoms with Crippen molar-refractivity contribution in [2.75, 3.05) is 19.6 Å². The Morgan fingerprint density at radius 1 is 1.20 bits per heavy atom. The molecule has 2 rings (SSSR count). The van der Waals surface area contributed by atoms with E-state index in [1.165, 1.54) is 51.7 Å². The molecule has 0 amide bonds. The van der Waals surface area contributed by atoms with Gasteiger partial charge >= 0.3 is 0 Å². The molecule has 1 aliphatic heterocycles. The molecule has 0 aromatic rings. The monoisotopic (exact) mass is 210 g/mol. The van der Waals surface area contributed by atoms with E-state index in [1.807, 2.05) is 0 Å². The summed E-state index contributed by atoms with van der Waals surface area (Å²) in [7, 11) is 0. The fourth-order valence-electron chi connectivity index (χ4n) is 2.75. The SMILES string of the molecule is CCCN1CCC(C(C)NC2CC2)CC1. The lowest BCUT2D eigenvalue weighted by Crippen LogP contribution is -2.42. The first kappa shape index (κ1) is 11.4. The number of hydrogen-bond acceptors (Lipinski definition) is 2. The zero-order chi connectivity index (χ0) is 10.7. The molecule has 0 aromatic heterocycles. The second kappa shape index (κ2) is 5.31. The van der Waals surface area contributed by atoms with Crippen LogP contribution in [0.5, 0.6) is 0 Å². The zero-order valence-electron chi connectivity index (χ0n) is 10.3. The summed E-state index contributed by atoms with van der Waals surface area (Å²) in [6.07, 6.45) is 6.94. The van der Waals surface area contributed by atoms with E-state index >= 15 is 0 Å². The second-order valence-corrected chi connectivity index (χ2v) is 5.41. The smallest absolute Gasteiger partial charge is 0.00708 e. The predicted octanol–water partition coefficient (Wildman–Crippen LogP) is 2.25. The number of likely N-dealkylation sites (tertiary alicyclic amines) is 1. The second-order valence-electron chi connectivity index (χ2n) is 5.41. The summed E-state index contributed by atoms with van der Waals surface area (Å²) in [6, 6.07) is 1.62. The Bertz CT molecular complexity index is 181. The number of nitrogens with one attached hydrogen (secondary N) is 1. The molecule has 1 unspecified atom stereocenters. The number of piperidine rings is 1. The minimum absolute atomic E-state index is 0.751. The van der Waals surface area contributed by atoms with Crippen LogP contribution >= 0.6 is 0 Å². The van der Waals surface area contributed by atoms with E-state index in [2.05, 4.69) is 24.1 Å². The molecule has 0 aromatic carbocycles. The van der Waals surface area contributed by atoms with Gasteiger partial charge in [-0.2, -0.15) is 0 Å². The highest BCUT2D eigenvalue weighted by atomic mass is 15.1. The highest BCUT2D eigenvalue weighted by molar-refractivity contribution is 4.87. The maximum Gasteiger partial charge on any atom is 0.00708 e. The minimum Gasteiger partial charge on any atom is -0.311 e. The van der Waals surface area contributed by atoms with E-state index in [0.29, 0.717) is 0 Å². The quantitative estimate of drug-likeness (QED) is 0.749. The lowest BCUT2D eigenvalue weighted by molar-refractivity contribution is 0.162. The molecule has 1 atom stereocenters. The number of hydrogen-bond donors (Lipinski definition) is 1. The third-order valence-electron chi connectivity index (χ3n) is 3.96. The number of nitrogens with zero attached hydrogens (tertiary/aromatic N) is 1. The summed E-state index contributed by atoms with van der Waals surface area (Å²) in [5.74, 6) is 0.929. The summed E-state index contributed by atoms with van der Waals surface area (Å²) >= 11 is 0. The fourth-order valence-corrected chi connectivity index (χ4v) is 2.75. The molecule has 15 heavy (non-hydrogen) atoms. The normalized spacial score (nSPS) is 26.8. The summed E-state index contributed by atoms with van der Waals surface area (Å²) in [4.78, 5) is 2.63. The van der Waals surface area contributed by atoms with Crippen molar-refractivity contribution in [1.29, 1.82) is 0 Å². The first-order chi connectivity index (χ1) is 7.29. The Morgan fingerprint density at radius 2 is 1.87 bits per heavy atom. The summed E-state index contributed by atoms with van der Waals surface area (Å²) in [6.45, 7) is 8.63. The average Bonchev–Trinajstić information content (AvgIpc) is 3.03. The average molecular weight is 210 g/mol. The van der Waals surface area contributed by atoms with Crippen molar-refractivity contribution in [2.45, 2.75) is 58.0 Å². The van der Waals surface area contributed by atoms with Gasteiger partial charge in [-0.05, 0) is 64.6 Å². The van der Waals surface area contributed by atoms with Gasteiger partial charge in [-0.3, -0.25) is 0 Å². The molecule has 1 heterocycles. The van der Waals surface area contributed by atoms with Crippen molar-refractivity contribution < 1.29 is 0 Å². The van der Waals surface area contributed by atoms with Crippen molar-refractivity contribution in [3.8, 4) is 0 Å². The Balaban J connectivity index is 1.67. The van der Waals surface area contributed by atoms with Crippen molar-refractivity contribution in [3.05, 3.63) is 0 Å². The van der Waals surface area contributed by atoms with Crippen molar-refractivity contribution >= 4 is 0 Å². The molecule has 1 saturated heterocycles. The molecule has 2 aliphatic rings. The fraction of sp³-hybridized carbons (Fsp3) is 1.00. The maximum atomic E-state index is 3.75. The third-order valence-corrected chi connectivity index (χ3v) is 3.96. The van der Waals surface area contributed by atoms with Crippen LogP contribution in [0.3, 0.4) is 0 Å². The highest BCUT2D eigenvalue weighted by Gasteiger charge is 2.28. The van der Waals surface area contributed by atoms with Gasteiger partial charge in [0.25, 0.3) is 0 Å². The molecule has 1 saturated carbocycles. The van der Waals surface area contributed by atoms with Gasteiger partial charge in [-0.15, -0.1) is 0 Å². The largest absolute Gasteiger partial charge is 0.311 e. The number of rotatable bonds is 5. The molecule has 0 radical (unpaired) electrons. The van der Waals surface area contributed by atoms with Crippen LogP contribution in [-0.2, 0) is 0 Å². The van der Waals surface area contributed by atoms with E-state index in [1.54, 1.807) is 0 Å². The van der Waals surface area contributed by atoms with Crippen molar-refractivity contribution in [2.24, 2.45) is 5.92 Å². The van der Waals surface area contributed by atoms with Crippen molar-refractivity contribution in [3.63, 3.8) is 0 Å². The van der Waals surface area contributed by atoms with Crippen LogP contribution < -0.4 is 5.32 Å². The van der Waals surface area contributed by atoms with Gasteiger partial charge in [-0.1, -0.05) is 6.92 Å². The Kier molecular flexibility index (Phi) is 4.04. The summed E-state index contributed by atoms with van der Waals surface area (Å²) < 4.78 is 0. The first-order valence-electron chi connectivity index (χ1n) is 6.78. The Hall–Kier alpha value is -0.0800. The lowest BCUT2D eigenvalue weighted by atomic mass is 9.90. The van der Waals surface area contributed by atoms with Crippen LogP contribution in [0, 0.1) is 5.92 Å². The Morgan fingerprint density at radius 3 is 2.40 bits per heavy atom. The molecular weight excluding hydrogens is 184 g/mol. The maximum absolute atomic E-state index is 3.75. The molecule has 88 valence electrons. The molecule has 0 bridgehead atoms. The zero-order valence-corrected chi connectivity index (χ0v) is 10.3. The van der Waals surface area contributed by atoms with Gasteiger partial charge in [0.2, 0.25) is 0 Å². The molecule has 1 N–H and O–H groups in total. The van der Waals surface area contributed by atoms with Gasteiger partial charge in [0.1, 0.15) is 0 Å². The van der Waals surface area contributed by atoms with Crippen LogP contribution in [0.25, 0.3) is 0 Å². The molecule has 0 spiro atoms. The molecular formula is C13H26N2. The molecule has 1 aliphatic carbocycles. The van der Waals surface area contributed by atoms with Crippen LogP contribution in [0.4, 0.5) is 0 Å². The van der Waals surface area contributed by atoms with Gasteiger partial charge in [-0.25, -0.2) is 0 Å². The standard InChI is InChI=1S/C13H26N2/c1-3-8-15-9-6-12(7-10-15)11(2)14-13-4-5-13/h11-14H,3-10H2,1-2H3. The minimum atomic E-state index is 0.751. The van der Waals surface area contributed by atoms with Crippen molar-refractivity contribution in [1.82, 2.24) is 10.2 Å². The van der Waals surface area contributed by atoms with Crippen LogP contribution in [0.15, 0.2) is 0 Å². The van der Waals surface area contributed by atoms with E-state index in [4.69, 9.17) is 0 Å². The Labute approximate surface area is 94.4 Å². The molecule has 2 nitrogen and oxygen atoms in total. The van der Waals surface area contributed by atoms with Gasteiger partial charge < -0.3 is 10.2 Å². The predicted molar refractivity (Wildman–Crippen MR) is 65.1 cm³/mol. The van der Waals surface area contributed by atoms with E-state index in [0.717, 1.165) is 18.0 Å². The topological polar surface area (TPSA) is 15.3 Å². The molecule has 2 fully saturated rings. The van der Waals surface area contributed by atoms with Crippen LogP contribution in [0.1, 0.15) is 46.0 Å². The van der Waals surface area contributed by atoms with Gasteiger partial charge in [0.15, 0.2) is 0 Å². The lowest BCUT2D eigenvalue weighted by Gasteiger charge is -2.35. The third kappa shape index (κ3) is 3.46. The highest BCUT2D eigenvalue weighted by Crippen LogP contribution is 2.25. The van der Waals surface area contributed by atoms with Gasteiger partial charge in [0.05, 0.1) is 0 Å². The van der Waals surface area contributed by atoms with E-state index < -0.39 is 0 Å². The van der Waals surface area contributed by atoms with E-state index in [9.17, 15) is 0 Å². The summed E-state index contributed by atoms with van der Waals surface area (Å²) in [5.41, 5.74) is 0. The summed E-state index contributed by atoms with van der Waals surface area (Å²) in [5, 5.41) is 3.75. The van der Waals surface area contributed by atoms with Crippen LogP contribution in [0.2, 0.25) is 0 Å². The van der Waals surface area contributed by atoms with Crippen LogP contribution in [-0.4, -0.2) is 36.6 Å². The first-order valence-corrected chi connectivity index (χ1v) is 6.78. The molecule has 2 heteroatoms. The van der Waals surface area contributed by atoms with E-state index in [-0.39, 0.29) is 0 Å². The van der Waals surface area contributed by atoms with Gasteiger partial charge in [0, 0.05) is 12.1 Å².